The molecule has 0 aromatic heterocycles. The Bertz CT molecular complexity index is 48.9. The van der Waals surface area contributed by atoms with Gasteiger partial charge in [-0.3, -0.25) is 0 Å². The van der Waals surface area contributed by atoms with Crippen LogP contribution < -0.4 is 0 Å². The summed E-state index contributed by atoms with van der Waals surface area (Å²) in [4.78, 5) is 0. The van der Waals surface area contributed by atoms with Crippen molar-refractivity contribution in [3.8, 4) is 0 Å². The Balaban J connectivity index is 0. The summed E-state index contributed by atoms with van der Waals surface area (Å²) in [7, 11) is -1.16. The van der Waals surface area contributed by atoms with Crippen molar-refractivity contribution in [1.82, 2.24) is 0 Å². The maximum Gasteiger partial charge on any atom is 0.183 e. The van der Waals surface area contributed by atoms with E-state index in [0.29, 0.717) is 0 Å². The Morgan fingerprint density at radius 2 is 1.62 bits per heavy atom. The van der Waals surface area contributed by atoms with E-state index in [4.69, 9.17) is 4.43 Å². The Morgan fingerprint density at radius 1 is 1.25 bits per heavy atom. The normalized spacial score (nSPS) is 10.5. The van der Waals surface area contributed by atoms with Crippen molar-refractivity contribution in [2.45, 2.75) is 26.6 Å². The molecule has 0 aromatic carbocycles. The minimum Gasteiger partial charge on any atom is -0.418 e. The maximum absolute atomic E-state index is 5.37. The van der Waals surface area contributed by atoms with Gasteiger partial charge in [-0.15, -0.1) is 0 Å². The molecule has 0 bridgehead atoms. The van der Waals surface area contributed by atoms with Gasteiger partial charge < -0.3 is 9.90 Å². The molecule has 0 aliphatic carbocycles. The molecule has 0 fully saturated rings. The first-order chi connectivity index (χ1) is 3.06. The molecule has 0 saturated carbocycles. The van der Waals surface area contributed by atoms with E-state index in [1.165, 1.54) is 0 Å². The SMILES string of the molecule is CCO[Si](C)(C)C.O. The van der Waals surface area contributed by atoms with E-state index in [-0.39, 0.29) is 5.48 Å². The number of hydrogen-bond acceptors (Lipinski definition) is 1. The highest BCUT2D eigenvalue weighted by molar-refractivity contribution is 6.69. The van der Waals surface area contributed by atoms with E-state index in [9.17, 15) is 0 Å². The molecule has 8 heavy (non-hydrogen) atoms. The lowest BCUT2D eigenvalue weighted by Crippen LogP contribution is -2.24. The lowest BCUT2D eigenvalue weighted by molar-refractivity contribution is 0.334. The predicted molar refractivity (Wildman–Crippen MR) is 38.6 cm³/mol. The van der Waals surface area contributed by atoms with Crippen LogP contribution in [0.15, 0.2) is 0 Å². The second kappa shape index (κ2) is 4.06. The fourth-order valence-corrected chi connectivity index (χ4v) is 1.30. The van der Waals surface area contributed by atoms with E-state index in [2.05, 4.69) is 19.6 Å². The Hall–Kier alpha value is 0.137. The van der Waals surface area contributed by atoms with Crippen LogP contribution in [0, 0.1) is 0 Å². The first-order valence-corrected chi connectivity index (χ1v) is 6.11. The highest BCUT2D eigenvalue weighted by atomic mass is 28.4. The summed E-state index contributed by atoms with van der Waals surface area (Å²) in [6.07, 6.45) is 0. The molecule has 0 radical (unpaired) electrons. The monoisotopic (exact) mass is 136 g/mol. The molecule has 0 aliphatic rings. The molecule has 3 heteroatoms. The van der Waals surface area contributed by atoms with Gasteiger partial charge in [0.25, 0.3) is 0 Å². The molecular formula is C5H16O2Si. The van der Waals surface area contributed by atoms with Gasteiger partial charge in [0.05, 0.1) is 0 Å². The molecule has 0 atom stereocenters. The van der Waals surface area contributed by atoms with Crippen LogP contribution in [0.3, 0.4) is 0 Å². The van der Waals surface area contributed by atoms with Crippen LogP contribution >= 0.6 is 0 Å². The van der Waals surface area contributed by atoms with E-state index < -0.39 is 8.32 Å². The summed E-state index contributed by atoms with van der Waals surface area (Å²) in [5.41, 5.74) is 0. The minimum atomic E-state index is -1.16. The summed E-state index contributed by atoms with van der Waals surface area (Å²) < 4.78 is 5.37. The van der Waals surface area contributed by atoms with Gasteiger partial charge in [-0.05, 0) is 26.6 Å². The third-order valence-electron chi connectivity index (χ3n) is 0.577. The molecule has 0 rings (SSSR count). The fraction of sp³-hybridized carbons (Fsp3) is 1.00. The molecule has 0 aliphatic heterocycles. The molecule has 0 aromatic rings. The number of hydrogen-bond donors (Lipinski definition) is 0. The van der Waals surface area contributed by atoms with Gasteiger partial charge in [-0.1, -0.05) is 0 Å². The highest BCUT2D eigenvalue weighted by Gasteiger charge is 2.11. The molecule has 0 saturated heterocycles. The third-order valence-corrected chi connectivity index (χ3v) is 1.73. The smallest absolute Gasteiger partial charge is 0.183 e. The van der Waals surface area contributed by atoms with E-state index in [0.717, 1.165) is 6.61 Å². The summed E-state index contributed by atoms with van der Waals surface area (Å²) in [6, 6.07) is 0. The Labute approximate surface area is 52.3 Å². The zero-order chi connectivity index (χ0) is 5.91. The molecule has 2 nitrogen and oxygen atoms in total. The van der Waals surface area contributed by atoms with Crippen molar-refractivity contribution in [1.29, 1.82) is 0 Å². The van der Waals surface area contributed by atoms with Crippen molar-refractivity contribution in [2.24, 2.45) is 0 Å². The standard InChI is InChI=1S/C5H14OSi.H2O/c1-5-6-7(2,3)4;/h5H2,1-4H3;1H2. The van der Waals surface area contributed by atoms with Gasteiger partial charge >= 0.3 is 0 Å². The van der Waals surface area contributed by atoms with Crippen LogP contribution in [0.4, 0.5) is 0 Å². The lowest BCUT2D eigenvalue weighted by atomic mass is 10.9. The van der Waals surface area contributed by atoms with Gasteiger partial charge in [0.1, 0.15) is 0 Å². The van der Waals surface area contributed by atoms with Crippen molar-refractivity contribution >= 4 is 8.32 Å². The molecule has 0 amide bonds. The molecule has 2 N–H and O–H groups in total. The highest BCUT2D eigenvalue weighted by Crippen LogP contribution is 2.00. The first kappa shape index (κ1) is 11.0. The van der Waals surface area contributed by atoms with Crippen molar-refractivity contribution in [3.63, 3.8) is 0 Å². The molecular weight excluding hydrogens is 120 g/mol. The van der Waals surface area contributed by atoms with Gasteiger partial charge in [-0.25, -0.2) is 0 Å². The van der Waals surface area contributed by atoms with Gasteiger partial charge in [0, 0.05) is 6.61 Å². The van der Waals surface area contributed by atoms with Crippen LogP contribution in [0.1, 0.15) is 6.92 Å². The van der Waals surface area contributed by atoms with E-state index in [1.807, 2.05) is 6.92 Å². The zero-order valence-electron chi connectivity index (χ0n) is 6.12. The van der Waals surface area contributed by atoms with Gasteiger partial charge in [0.2, 0.25) is 0 Å². The maximum atomic E-state index is 5.37. The number of rotatable bonds is 2. The molecule has 0 spiro atoms. The second-order valence-electron chi connectivity index (χ2n) is 2.55. The topological polar surface area (TPSA) is 40.7 Å². The van der Waals surface area contributed by atoms with Crippen molar-refractivity contribution in [2.75, 3.05) is 6.61 Å². The van der Waals surface area contributed by atoms with Crippen LogP contribution in [0.2, 0.25) is 19.6 Å². The quantitative estimate of drug-likeness (QED) is 0.523. The molecule has 0 heterocycles. The van der Waals surface area contributed by atoms with Crippen LogP contribution in [-0.2, 0) is 4.43 Å². The van der Waals surface area contributed by atoms with Crippen LogP contribution in [0.25, 0.3) is 0 Å². The molecule has 52 valence electrons. The second-order valence-corrected chi connectivity index (χ2v) is 7.06. The summed E-state index contributed by atoms with van der Waals surface area (Å²) in [5.74, 6) is 0. The van der Waals surface area contributed by atoms with E-state index >= 15 is 0 Å². The van der Waals surface area contributed by atoms with Crippen molar-refractivity contribution in [3.05, 3.63) is 0 Å². The Kier molecular flexibility index (Phi) is 5.58. The average molecular weight is 136 g/mol. The average Bonchev–Trinajstić information content (AvgIpc) is 1.30. The van der Waals surface area contributed by atoms with Crippen LogP contribution in [-0.4, -0.2) is 20.4 Å². The van der Waals surface area contributed by atoms with Crippen LogP contribution in [0.5, 0.6) is 0 Å². The van der Waals surface area contributed by atoms with E-state index in [1.54, 1.807) is 0 Å². The fourth-order valence-electron chi connectivity index (χ4n) is 0.433. The summed E-state index contributed by atoms with van der Waals surface area (Å²) >= 11 is 0. The predicted octanol–water partition coefficient (Wildman–Crippen LogP) is 1.03. The minimum absolute atomic E-state index is 0. The third kappa shape index (κ3) is 9.46. The zero-order valence-corrected chi connectivity index (χ0v) is 7.12. The Morgan fingerprint density at radius 3 is 1.62 bits per heavy atom. The summed E-state index contributed by atoms with van der Waals surface area (Å²) in [6.45, 7) is 9.48. The molecule has 0 unspecified atom stereocenters. The lowest BCUT2D eigenvalue weighted by Gasteiger charge is -2.14. The summed E-state index contributed by atoms with van der Waals surface area (Å²) in [5, 5.41) is 0. The van der Waals surface area contributed by atoms with Gasteiger partial charge in [-0.2, -0.15) is 0 Å². The van der Waals surface area contributed by atoms with Gasteiger partial charge in [0.15, 0.2) is 8.32 Å². The largest absolute Gasteiger partial charge is 0.418 e. The first-order valence-electron chi connectivity index (χ1n) is 2.70. The van der Waals surface area contributed by atoms with Crippen molar-refractivity contribution < 1.29 is 9.90 Å².